The third-order valence-electron chi connectivity index (χ3n) is 5.90. The minimum Gasteiger partial charge on any atom is -0.306 e. The van der Waals surface area contributed by atoms with Crippen molar-refractivity contribution in [2.45, 2.75) is 26.7 Å². The van der Waals surface area contributed by atoms with Gasteiger partial charge in [-0.25, -0.2) is 8.96 Å². The van der Waals surface area contributed by atoms with E-state index >= 15 is 4.39 Å². The van der Waals surface area contributed by atoms with Crippen molar-refractivity contribution in [3.8, 4) is 0 Å². The lowest BCUT2D eigenvalue weighted by molar-refractivity contribution is -0.646. The Bertz CT molecular complexity index is 1570. The van der Waals surface area contributed by atoms with Crippen LogP contribution in [-0.2, 0) is 7.05 Å². The van der Waals surface area contributed by atoms with Crippen LogP contribution in [-0.4, -0.2) is 9.38 Å². The highest BCUT2D eigenvalue weighted by molar-refractivity contribution is 7.19. The molecule has 0 aliphatic rings. The summed E-state index contributed by atoms with van der Waals surface area (Å²) in [5.74, 6) is 0.212. The average Bonchev–Trinajstić information content (AvgIpc) is 3.20. The minimum absolute atomic E-state index is 0.149. The van der Waals surface area contributed by atoms with Crippen LogP contribution in [0.3, 0.4) is 0 Å². The van der Waals surface area contributed by atoms with Crippen molar-refractivity contribution in [1.82, 2.24) is 9.38 Å². The summed E-state index contributed by atoms with van der Waals surface area (Å²) in [7, 11) is 2.03. The maximum atomic E-state index is 15.3. The molecule has 4 heterocycles. The number of thiophene rings is 1. The van der Waals surface area contributed by atoms with Gasteiger partial charge in [0.15, 0.2) is 5.52 Å². The number of fused-ring (bicyclic) bond motifs is 5. The summed E-state index contributed by atoms with van der Waals surface area (Å²) in [5.41, 5.74) is 5.31. The molecule has 0 radical (unpaired) electrons. The zero-order valence-electron chi connectivity index (χ0n) is 16.2. The highest BCUT2D eigenvalue weighted by Gasteiger charge is 2.29. The monoisotopic (exact) mass is 388 g/mol. The van der Waals surface area contributed by atoms with Gasteiger partial charge in [-0.2, -0.15) is 0 Å². The Labute approximate surface area is 165 Å². The maximum absolute atomic E-state index is 15.3. The SMILES string of the molecule is Cc1cc(F)c2c3ccccc3n3c4c(C(C)C)sc5nc[n+](C)c(c1c23)c54. The van der Waals surface area contributed by atoms with E-state index < -0.39 is 0 Å². The number of aryl methyl sites for hydroxylation is 2. The first-order chi connectivity index (χ1) is 13.5. The first kappa shape index (κ1) is 16.2. The van der Waals surface area contributed by atoms with Gasteiger partial charge in [0.25, 0.3) is 6.33 Å². The van der Waals surface area contributed by atoms with E-state index in [9.17, 15) is 0 Å². The molecule has 0 unspecified atom stereocenters. The molecular formula is C23H19FN3S+. The molecule has 0 atom stereocenters. The molecule has 138 valence electrons. The normalized spacial score (nSPS) is 12.8. The topological polar surface area (TPSA) is 21.2 Å². The molecule has 0 aliphatic heterocycles. The summed E-state index contributed by atoms with van der Waals surface area (Å²) >= 11 is 1.76. The van der Waals surface area contributed by atoms with E-state index in [0.717, 1.165) is 37.7 Å². The van der Waals surface area contributed by atoms with E-state index in [1.165, 1.54) is 15.8 Å². The molecule has 0 spiro atoms. The molecule has 0 fully saturated rings. The fourth-order valence-corrected chi connectivity index (χ4v) is 5.92. The van der Waals surface area contributed by atoms with Crippen molar-refractivity contribution in [3.05, 3.63) is 52.9 Å². The minimum atomic E-state index is -0.149. The molecule has 0 amide bonds. The van der Waals surface area contributed by atoms with Crippen molar-refractivity contribution in [2.24, 2.45) is 7.05 Å². The highest BCUT2D eigenvalue weighted by atomic mass is 32.1. The molecule has 0 saturated heterocycles. The highest BCUT2D eigenvalue weighted by Crippen LogP contribution is 2.45. The summed E-state index contributed by atoms with van der Waals surface area (Å²) < 4.78 is 19.6. The van der Waals surface area contributed by atoms with Gasteiger partial charge in [0, 0.05) is 15.6 Å². The van der Waals surface area contributed by atoms with Crippen LogP contribution in [0.2, 0.25) is 0 Å². The van der Waals surface area contributed by atoms with Crippen LogP contribution in [0, 0.1) is 12.7 Å². The molecule has 0 N–H and O–H groups in total. The second kappa shape index (κ2) is 5.17. The van der Waals surface area contributed by atoms with Gasteiger partial charge < -0.3 is 4.40 Å². The smallest absolute Gasteiger partial charge is 0.288 e. The Balaban J connectivity index is 2.15. The van der Waals surface area contributed by atoms with Crippen LogP contribution >= 0.6 is 11.3 Å². The van der Waals surface area contributed by atoms with Crippen molar-refractivity contribution in [2.75, 3.05) is 0 Å². The lowest BCUT2D eigenvalue weighted by atomic mass is 10.0. The number of benzene rings is 2. The lowest BCUT2D eigenvalue weighted by Gasteiger charge is -2.12. The van der Waals surface area contributed by atoms with Crippen LogP contribution < -0.4 is 4.57 Å². The molecular weight excluding hydrogens is 369 g/mol. The first-order valence-electron chi connectivity index (χ1n) is 9.53. The molecule has 28 heavy (non-hydrogen) atoms. The number of hydrogen-bond acceptors (Lipinski definition) is 2. The number of rotatable bonds is 1. The lowest BCUT2D eigenvalue weighted by Crippen LogP contribution is -2.29. The van der Waals surface area contributed by atoms with E-state index in [0.29, 0.717) is 11.3 Å². The zero-order valence-corrected chi connectivity index (χ0v) is 17.0. The van der Waals surface area contributed by atoms with Crippen molar-refractivity contribution < 1.29 is 8.96 Å². The number of aromatic nitrogens is 3. The number of hydrogen-bond donors (Lipinski definition) is 0. The van der Waals surface area contributed by atoms with Crippen LogP contribution in [0.15, 0.2) is 36.7 Å². The number of nitrogens with zero attached hydrogens (tertiary/aromatic N) is 3. The second-order valence-corrected chi connectivity index (χ2v) is 9.01. The van der Waals surface area contributed by atoms with Gasteiger partial charge in [-0.3, -0.25) is 0 Å². The predicted octanol–water partition coefficient (Wildman–Crippen LogP) is 5.84. The summed E-state index contributed by atoms with van der Waals surface area (Å²) in [4.78, 5) is 7.07. The molecule has 5 heteroatoms. The van der Waals surface area contributed by atoms with E-state index in [1.54, 1.807) is 17.4 Å². The molecule has 0 aliphatic carbocycles. The Morgan fingerprint density at radius 3 is 2.68 bits per heavy atom. The molecule has 6 aromatic rings. The molecule has 4 aromatic heterocycles. The standard InChI is InChI=1S/C23H19FN3S/c1-11(2)22-21-18-19(26(4)10-25-23(18)28-22)16-12(3)9-14(24)17-13-7-5-6-8-15(13)27(21)20(16)17/h5-11H,1-4H3/q+1. The molecule has 2 aromatic carbocycles. The third kappa shape index (κ3) is 1.74. The second-order valence-electron chi connectivity index (χ2n) is 7.98. The summed E-state index contributed by atoms with van der Waals surface area (Å²) in [6.07, 6.45) is 1.88. The maximum Gasteiger partial charge on any atom is 0.288 e. The Kier molecular flexibility index (Phi) is 2.99. The van der Waals surface area contributed by atoms with Crippen molar-refractivity contribution in [3.63, 3.8) is 0 Å². The van der Waals surface area contributed by atoms with Crippen LogP contribution in [0.25, 0.3) is 48.4 Å². The average molecular weight is 388 g/mol. The zero-order chi connectivity index (χ0) is 19.3. The van der Waals surface area contributed by atoms with Gasteiger partial charge in [-0.1, -0.05) is 43.4 Å². The Hall–Kier alpha value is -2.79. The van der Waals surface area contributed by atoms with Crippen LogP contribution in [0.5, 0.6) is 0 Å². The van der Waals surface area contributed by atoms with Gasteiger partial charge >= 0.3 is 0 Å². The van der Waals surface area contributed by atoms with Crippen molar-refractivity contribution >= 4 is 59.8 Å². The molecule has 3 nitrogen and oxygen atoms in total. The Morgan fingerprint density at radius 2 is 1.89 bits per heavy atom. The number of pyridine rings is 1. The number of halogens is 1. The van der Waals surface area contributed by atoms with Crippen LogP contribution in [0.1, 0.15) is 30.2 Å². The van der Waals surface area contributed by atoms with Gasteiger partial charge in [0.05, 0.1) is 29.0 Å². The van der Waals surface area contributed by atoms with Gasteiger partial charge in [0.2, 0.25) is 4.83 Å². The Morgan fingerprint density at radius 1 is 1.11 bits per heavy atom. The van der Waals surface area contributed by atoms with E-state index in [4.69, 9.17) is 4.98 Å². The van der Waals surface area contributed by atoms with E-state index in [1.807, 2.05) is 38.5 Å². The van der Waals surface area contributed by atoms with E-state index in [-0.39, 0.29) is 5.82 Å². The van der Waals surface area contributed by atoms with Crippen molar-refractivity contribution in [1.29, 1.82) is 0 Å². The van der Waals surface area contributed by atoms with Crippen LogP contribution in [0.4, 0.5) is 4.39 Å². The largest absolute Gasteiger partial charge is 0.306 e. The molecule has 0 saturated carbocycles. The van der Waals surface area contributed by atoms with E-state index in [2.05, 4.69) is 28.9 Å². The quantitative estimate of drug-likeness (QED) is 0.256. The fraction of sp³-hybridized carbons (Fsp3) is 0.217. The summed E-state index contributed by atoms with van der Waals surface area (Å²) in [5, 5.41) is 3.98. The number of para-hydroxylation sites is 1. The van der Waals surface area contributed by atoms with Gasteiger partial charge in [-0.15, -0.1) is 0 Å². The fourth-order valence-electron chi connectivity index (χ4n) is 4.79. The van der Waals surface area contributed by atoms with Gasteiger partial charge in [0.1, 0.15) is 11.2 Å². The summed E-state index contributed by atoms with van der Waals surface area (Å²) in [6, 6.07) is 9.84. The third-order valence-corrected chi connectivity index (χ3v) is 7.29. The first-order valence-corrected chi connectivity index (χ1v) is 10.3. The van der Waals surface area contributed by atoms with Gasteiger partial charge in [-0.05, 0) is 35.5 Å². The molecule has 0 bridgehead atoms. The predicted molar refractivity (Wildman–Crippen MR) is 114 cm³/mol. The molecule has 6 rings (SSSR count). The summed E-state index contributed by atoms with van der Waals surface area (Å²) in [6.45, 7) is 6.44.